The van der Waals surface area contributed by atoms with Crippen LogP contribution in [-0.4, -0.2) is 65.5 Å². The van der Waals surface area contributed by atoms with Crippen LogP contribution in [0.2, 0.25) is 5.02 Å². The van der Waals surface area contributed by atoms with Gasteiger partial charge in [0.05, 0.1) is 38.9 Å². The highest BCUT2D eigenvalue weighted by molar-refractivity contribution is 7.23. The molecule has 4 aliphatic heterocycles. The smallest absolute Gasteiger partial charge is 0.319 e. The number of hydrogen-bond donors (Lipinski definition) is 1. The lowest BCUT2D eigenvalue weighted by Crippen LogP contribution is -2.45. The number of halogens is 4. The molecule has 6 heterocycles. The maximum atomic E-state index is 17.2. The molecule has 2 aromatic carbocycles. The number of fused-ring (bicyclic) bond motifs is 4. The molecule has 47 heavy (non-hydrogen) atoms. The molecule has 14 heteroatoms. The normalized spacial score (nSPS) is 25.5. The summed E-state index contributed by atoms with van der Waals surface area (Å²) < 4.78 is 59.3. The molecule has 2 N–H and O–H groups in total. The number of nitrogen functional groups attached to an aromatic ring is 1. The number of nitrogens with zero attached hydrogens (tertiary/aromatic N) is 6. The van der Waals surface area contributed by atoms with Gasteiger partial charge in [-0.25, -0.2) is 13.2 Å². The zero-order valence-electron chi connectivity index (χ0n) is 25.2. The average Bonchev–Trinajstić information content (AvgIpc) is 3.70. The van der Waals surface area contributed by atoms with Gasteiger partial charge in [-0.05, 0) is 43.9 Å². The maximum absolute atomic E-state index is 17.2. The SMILES string of the molecule is N#Cc1c(N)sc2c(F)ccc(-c3c(Cl)c4c5c(nc(OCC67CCCN6C[C@H](F)C7)nc5c3F)N3CCC(C#N)CC3CCO4)c12. The second kappa shape index (κ2) is 11.3. The second-order valence-corrected chi connectivity index (χ2v) is 14.3. The first kappa shape index (κ1) is 30.3. The van der Waals surface area contributed by atoms with E-state index in [0.717, 1.165) is 30.7 Å². The first-order chi connectivity index (χ1) is 22.7. The Morgan fingerprint density at radius 2 is 2.04 bits per heavy atom. The lowest BCUT2D eigenvalue weighted by molar-refractivity contribution is 0.107. The molecular formula is C33H29ClF3N7O2S. The van der Waals surface area contributed by atoms with E-state index in [1.807, 2.05) is 6.07 Å². The van der Waals surface area contributed by atoms with Gasteiger partial charge in [-0.2, -0.15) is 20.5 Å². The minimum atomic E-state index is -0.953. The van der Waals surface area contributed by atoms with Gasteiger partial charge in [0.2, 0.25) is 0 Å². The van der Waals surface area contributed by atoms with E-state index in [4.69, 9.17) is 31.8 Å². The summed E-state index contributed by atoms with van der Waals surface area (Å²) in [6.07, 6.45) is 2.83. The average molecular weight is 680 g/mol. The summed E-state index contributed by atoms with van der Waals surface area (Å²) >= 11 is 7.93. The van der Waals surface area contributed by atoms with Crippen LogP contribution in [0.15, 0.2) is 12.1 Å². The van der Waals surface area contributed by atoms with E-state index in [0.29, 0.717) is 44.6 Å². The van der Waals surface area contributed by atoms with Crippen molar-refractivity contribution in [2.24, 2.45) is 5.92 Å². The Morgan fingerprint density at radius 1 is 1.19 bits per heavy atom. The molecule has 2 aromatic heterocycles. The molecule has 0 spiro atoms. The van der Waals surface area contributed by atoms with Crippen molar-refractivity contribution >= 4 is 54.7 Å². The molecule has 3 fully saturated rings. The number of hydrogen-bond acceptors (Lipinski definition) is 10. The van der Waals surface area contributed by atoms with Crippen molar-refractivity contribution in [3.8, 4) is 35.0 Å². The number of alkyl halides is 1. The van der Waals surface area contributed by atoms with Crippen molar-refractivity contribution < 1.29 is 22.6 Å². The quantitative estimate of drug-likeness (QED) is 0.250. The van der Waals surface area contributed by atoms with Crippen LogP contribution in [0.1, 0.15) is 44.1 Å². The van der Waals surface area contributed by atoms with Crippen LogP contribution in [0.5, 0.6) is 11.8 Å². The summed E-state index contributed by atoms with van der Waals surface area (Å²) in [5.74, 6) is -1.01. The predicted octanol–water partition coefficient (Wildman–Crippen LogP) is 6.74. The van der Waals surface area contributed by atoms with Gasteiger partial charge in [0.15, 0.2) is 11.6 Å². The Kier molecular flexibility index (Phi) is 7.28. The zero-order valence-corrected chi connectivity index (χ0v) is 26.7. The standard InChI is InChI=1S/C33H29ClF3N7O2S/c34-25-23(19-2-3-21(36)29-22(19)20(13-39)30(40)47-29)26(37)27-24-28(25)45-9-5-18-10-16(12-38)4-8-44(18)31(24)42-32(41-27)46-15-33-6-1-7-43(33)14-17(35)11-33/h2-3,16-18H,1,4-11,14-15,40H2/t16?,17-,18?,33?/m1/s1. The summed E-state index contributed by atoms with van der Waals surface area (Å²) in [4.78, 5) is 13.6. The largest absolute Gasteiger partial charge is 0.491 e. The van der Waals surface area contributed by atoms with Crippen LogP contribution in [-0.2, 0) is 0 Å². The molecular weight excluding hydrogens is 651 g/mol. The number of aromatic nitrogens is 2. The monoisotopic (exact) mass is 679 g/mol. The van der Waals surface area contributed by atoms with Crippen molar-refractivity contribution in [2.45, 2.75) is 56.3 Å². The van der Waals surface area contributed by atoms with Gasteiger partial charge in [0.1, 0.15) is 41.0 Å². The third-order valence-corrected chi connectivity index (χ3v) is 11.6. The van der Waals surface area contributed by atoms with E-state index in [2.05, 4.69) is 20.9 Å². The molecule has 0 bridgehead atoms. The minimum Gasteiger partial charge on any atom is -0.491 e. The number of anilines is 2. The van der Waals surface area contributed by atoms with Crippen molar-refractivity contribution in [2.75, 3.05) is 43.5 Å². The van der Waals surface area contributed by atoms with Gasteiger partial charge in [-0.3, -0.25) is 4.90 Å². The summed E-state index contributed by atoms with van der Waals surface area (Å²) in [6.45, 7) is 2.00. The van der Waals surface area contributed by atoms with Crippen molar-refractivity contribution in [1.29, 1.82) is 10.5 Å². The summed E-state index contributed by atoms with van der Waals surface area (Å²) in [5, 5.41) is 20.0. The van der Waals surface area contributed by atoms with Gasteiger partial charge in [0, 0.05) is 48.8 Å². The van der Waals surface area contributed by atoms with Crippen LogP contribution >= 0.6 is 22.9 Å². The fourth-order valence-corrected chi connectivity index (χ4v) is 9.34. The Morgan fingerprint density at radius 3 is 2.85 bits per heavy atom. The fraction of sp³-hybridized carbons (Fsp3) is 0.455. The summed E-state index contributed by atoms with van der Waals surface area (Å²) in [6, 6.07) is 6.79. The second-order valence-electron chi connectivity index (χ2n) is 12.8. The summed E-state index contributed by atoms with van der Waals surface area (Å²) in [5.41, 5.74) is 5.58. The minimum absolute atomic E-state index is 0.0253. The lowest BCUT2D eigenvalue weighted by Gasteiger charge is -2.40. The number of nitrogens with two attached hydrogens (primary N) is 1. The number of piperidine rings is 1. The molecule has 3 unspecified atom stereocenters. The third-order valence-electron chi connectivity index (χ3n) is 10.2. The Hall–Kier alpha value is -4.04. The number of ether oxygens (including phenoxy) is 2. The molecule has 8 rings (SSSR count). The van der Waals surface area contributed by atoms with Crippen molar-refractivity contribution in [1.82, 2.24) is 14.9 Å². The number of rotatable bonds is 4. The van der Waals surface area contributed by atoms with Crippen LogP contribution in [0, 0.1) is 40.2 Å². The van der Waals surface area contributed by atoms with Crippen LogP contribution < -0.4 is 20.1 Å². The maximum Gasteiger partial charge on any atom is 0.319 e. The van der Waals surface area contributed by atoms with E-state index in [1.54, 1.807) is 0 Å². The molecule has 3 saturated heterocycles. The first-order valence-corrected chi connectivity index (χ1v) is 16.9. The topological polar surface area (TPSA) is 124 Å². The van der Waals surface area contributed by atoms with E-state index >= 15 is 4.39 Å². The molecule has 4 atom stereocenters. The predicted molar refractivity (Wildman–Crippen MR) is 173 cm³/mol. The molecule has 0 saturated carbocycles. The third kappa shape index (κ3) is 4.66. The number of thiophene rings is 1. The lowest BCUT2D eigenvalue weighted by atomic mass is 9.89. The van der Waals surface area contributed by atoms with Crippen molar-refractivity contribution in [3.05, 3.63) is 34.4 Å². The van der Waals surface area contributed by atoms with Crippen molar-refractivity contribution in [3.63, 3.8) is 0 Å². The first-order valence-electron chi connectivity index (χ1n) is 15.7. The Labute approximate surface area is 277 Å². The van der Waals surface area contributed by atoms with E-state index < -0.39 is 23.3 Å². The van der Waals surface area contributed by atoms with Gasteiger partial charge >= 0.3 is 6.01 Å². The Balaban J connectivity index is 1.35. The van der Waals surface area contributed by atoms with Crippen LogP contribution in [0.4, 0.5) is 24.0 Å². The van der Waals surface area contributed by atoms with Gasteiger partial charge in [-0.15, -0.1) is 11.3 Å². The molecule has 4 aromatic rings. The van der Waals surface area contributed by atoms with Gasteiger partial charge < -0.3 is 20.1 Å². The molecule has 0 aliphatic carbocycles. The zero-order chi connectivity index (χ0) is 32.6. The summed E-state index contributed by atoms with van der Waals surface area (Å²) in [7, 11) is 0. The molecule has 0 amide bonds. The molecule has 4 aliphatic rings. The number of nitriles is 2. The van der Waals surface area contributed by atoms with E-state index in [9.17, 15) is 19.3 Å². The highest BCUT2D eigenvalue weighted by Gasteiger charge is 2.49. The van der Waals surface area contributed by atoms with Crippen LogP contribution in [0.3, 0.4) is 0 Å². The van der Waals surface area contributed by atoms with Crippen LogP contribution in [0.25, 0.3) is 32.1 Å². The van der Waals surface area contributed by atoms with Gasteiger partial charge in [0.25, 0.3) is 0 Å². The van der Waals surface area contributed by atoms with Gasteiger partial charge in [-0.1, -0.05) is 17.7 Å². The molecule has 0 radical (unpaired) electrons. The number of benzene rings is 2. The van der Waals surface area contributed by atoms with E-state index in [1.165, 1.54) is 12.1 Å². The highest BCUT2D eigenvalue weighted by Crippen LogP contribution is 2.51. The fourth-order valence-electron chi connectivity index (χ4n) is 8.05. The molecule has 9 nitrogen and oxygen atoms in total. The Bertz CT molecular complexity index is 2050. The highest BCUT2D eigenvalue weighted by atomic mass is 35.5. The van der Waals surface area contributed by atoms with E-state index in [-0.39, 0.29) is 84.6 Å². The molecule has 242 valence electrons.